The largest absolute Gasteiger partial charge is 0.454 e. The molecule has 6 nitrogen and oxygen atoms in total. The zero-order chi connectivity index (χ0) is 21.2. The average Bonchev–Trinajstić information content (AvgIpc) is 3.12. The van der Waals surface area contributed by atoms with Crippen molar-refractivity contribution in [3.63, 3.8) is 0 Å². The maximum atomic E-state index is 12.8. The van der Waals surface area contributed by atoms with Gasteiger partial charge in [0.1, 0.15) is 6.04 Å². The zero-order valence-corrected chi connectivity index (χ0v) is 17.5. The van der Waals surface area contributed by atoms with Crippen LogP contribution in [-0.2, 0) is 10.2 Å². The molecule has 2 amide bonds. The number of anilines is 1. The number of hydrogen-bond donors (Lipinski definition) is 2. The molecule has 0 bridgehead atoms. The summed E-state index contributed by atoms with van der Waals surface area (Å²) in [5.74, 6) is 0.604. The summed E-state index contributed by atoms with van der Waals surface area (Å²) in [7, 11) is 0. The number of hydrogen-bond acceptors (Lipinski definition) is 4. The number of benzene rings is 2. The number of amides is 2. The fourth-order valence-electron chi connectivity index (χ4n) is 3.08. The highest BCUT2D eigenvalue weighted by atomic mass is 16.7. The summed E-state index contributed by atoms with van der Waals surface area (Å²) in [5.41, 5.74) is 2.28. The molecule has 2 aromatic carbocycles. The molecule has 0 saturated carbocycles. The molecule has 0 fully saturated rings. The summed E-state index contributed by atoms with van der Waals surface area (Å²) < 4.78 is 10.6. The molecule has 29 heavy (non-hydrogen) atoms. The normalized spacial score (nSPS) is 13.9. The highest BCUT2D eigenvalue weighted by Gasteiger charge is 2.26. The summed E-state index contributed by atoms with van der Waals surface area (Å²) >= 11 is 0. The van der Waals surface area contributed by atoms with E-state index in [1.807, 2.05) is 26.0 Å². The summed E-state index contributed by atoms with van der Waals surface area (Å²) in [6.07, 6.45) is 0. The van der Waals surface area contributed by atoms with Crippen molar-refractivity contribution in [1.82, 2.24) is 5.32 Å². The molecule has 2 N–H and O–H groups in total. The quantitative estimate of drug-likeness (QED) is 0.798. The second kappa shape index (κ2) is 8.15. The Kier molecular flexibility index (Phi) is 5.82. The molecule has 154 valence electrons. The van der Waals surface area contributed by atoms with Crippen LogP contribution < -0.4 is 20.1 Å². The van der Waals surface area contributed by atoms with Gasteiger partial charge in [-0.3, -0.25) is 9.59 Å². The molecule has 0 saturated heterocycles. The first-order chi connectivity index (χ1) is 13.6. The Labute approximate surface area is 171 Å². The first-order valence-electron chi connectivity index (χ1n) is 9.77. The van der Waals surface area contributed by atoms with Crippen LogP contribution >= 0.6 is 0 Å². The molecule has 1 heterocycles. The molecule has 6 heteroatoms. The Morgan fingerprint density at radius 1 is 0.966 bits per heavy atom. The Hall–Kier alpha value is -3.02. The van der Waals surface area contributed by atoms with Gasteiger partial charge in [0.2, 0.25) is 12.7 Å². The highest BCUT2D eigenvalue weighted by molar-refractivity contribution is 6.01. The third kappa shape index (κ3) is 4.88. The van der Waals surface area contributed by atoms with Gasteiger partial charge in [-0.25, -0.2) is 0 Å². The van der Waals surface area contributed by atoms with Gasteiger partial charge in [0, 0.05) is 17.3 Å². The van der Waals surface area contributed by atoms with Gasteiger partial charge < -0.3 is 20.1 Å². The highest BCUT2D eigenvalue weighted by Crippen LogP contribution is 2.34. The van der Waals surface area contributed by atoms with Crippen LogP contribution in [0.5, 0.6) is 11.5 Å². The molecule has 1 aliphatic heterocycles. The first kappa shape index (κ1) is 20.7. The molecule has 1 unspecified atom stereocenters. The van der Waals surface area contributed by atoms with Crippen molar-refractivity contribution in [3.05, 3.63) is 53.6 Å². The van der Waals surface area contributed by atoms with Crippen molar-refractivity contribution in [2.24, 2.45) is 5.92 Å². The minimum absolute atomic E-state index is 0.0139. The monoisotopic (exact) mass is 396 g/mol. The maximum absolute atomic E-state index is 12.8. The van der Waals surface area contributed by atoms with Crippen LogP contribution in [0.3, 0.4) is 0 Å². The van der Waals surface area contributed by atoms with Crippen LogP contribution in [0.25, 0.3) is 0 Å². The Bertz CT molecular complexity index is 898. The van der Waals surface area contributed by atoms with E-state index in [4.69, 9.17) is 9.47 Å². The van der Waals surface area contributed by atoms with E-state index in [0.717, 1.165) is 5.56 Å². The van der Waals surface area contributed by atoms with Gasteiger partial charge in [-0.15, -0.1) is 0 Å². The summed E-state index contributed by atoms with van der Waals surface area (Å²) in [6, 6.07) is 12.0. The van der Waals surface area contributed by atoms with Gasteiger partial charge in [-0.2, -0.15) is 0 Å². The second-order valence-corrected chi connectivity index (χ2v) is 8.58. The second-order valence-electron chi connectivity index (χ2n) is 8.58. The summed E-state index contributed by atoms with van der Waals surface area (Å²) in [5, 5.41) is 5.71. The number of nitrogens with one attached hydrogen (secondary N) is 2. The lowest BCUT2D eigenvalue weighted by Crippen LogP contribution is -2.47. The molecule has 0 aromatic heterocycles. The van der Waals surface area contributed by atoms with E-state index in [2.05, 4.69) is 31.4 Å². The van der Waals surface area contributed by atoms with Crippen LogP contribution in [0.2, 0.25) is 0 Å². The third-order valence-corrected chi connectivity index (χ3v) is 4.89. The minimum atomic E-state index is -0.671. The fourth-order valence-corrected chi connectivity index (χ4v) is 3.08. The van der Waals surface area contributed by atoms with E-state index in [1.165, 1.54) is 0 Å². The SMILES string of the molecule is CC(C)C(NC(=O)c1ccc(C(C)(C)C)cc1)C(=O)Nc1ccc2c(c1)OCO2. The molecule has 0 radical (unpaired) electrons. The lowest BCUT2D eigenvalue weighted by Gasteiger charge is -2.22. The molecule has 1 aliphatic rings. The van der Waals surface area contributed by atoms with Crippen molar-refractivity contribution in [2.45, 2.75) is 46.1 Å². The van der Waals surface area contributed by atoms with Crippen molar-refractivity contribution < 1.29 is 19.1 Å². The molecule has 0 spiro atoms. The van der Waals surface area contributed by atoms with Crippen molar-refractivity contribution in [1.29, 1.82) is 0 Å². The average molecular weight is 396 g/mol. The lowest BCUT2D eigenvalue weighted by molar-refractivity contribution is -0.118. The van der Waals surface area contributed by atoms with Gasteiger partial charge in [0.15, 0.2) is 11.5 Å². The van der Waals surface area contributed by atoms with Gasteiger partial charge in [-0.1, -0.05) is 46.8 Å². The van der Waals surface area contributed by atoms with E-state index in [1.54, 1.807) is 30.3 Å². The van der Waals surface area contributed by atoms with E-state index in [-0.39, 0.29) is 29.9 Å². The van der Waals surface area contributed by atoms with Crippen LogP contribution in [0.1, 0.15) is 50.5 Å². The molecule has 3 rings (SSSR count). The molecule has 2 aromatic rings. The van der Waals surface area contributed by atoms with Gasteiger partial charge in [-0.05, 0) is 41.2 Å². The third-order valence-electron chi connectivity index (χ3n) is 4.89. The van der Waals surface area contributed by atoms with E-state index in [0.29, 0.717) is 22.7 Å². The first-order valence-corrected chi connectivity index (χ1v) is 9.77. The Balaban J connectivity index is 1.69. The standard InChI is InChI=1S/C23H28N2O4/c1-14(2)20(22(27)24-17-10-11-18-19(12-17)29-13-28-18)25-21(26)15-6-8-16(9-7-15)23(3,4)5/h6-12,14,20H,13H2,1-5H3,(H,24,27)(H,25,26). The van der Waals surface area contributed by atoms with Crippen LogP contribution in [-0.4, -0.2) is 24.6 Å². The van der Waals surface area contributed by atoms with Crippen molar-refractivity contribution >= 4 is 17.5 Å². The Morgan fingerprint density at radius 2 is 1.62 bits per heavy atom. The number of ether oxygens (including phenoxy) is 2. The van der Waals surface area contributed by atoms with Crippen molar-refractivity contribution in [3.8, 4) is 11.5 Å². The molecule has 0 aliphatic carbocycles. The number of fused-ring (bicyclic) bond motifs is 1. The van der Waals surface area contributed by atoms with Crippen LogP contribution in [0, 0.1) is 5.92 Å². The molecular weight excluding hydrogens is 368 g/mol. The van der Waals surface area contributed by atoms with Crippen LogP contribution in [0.4, 0.5) is 5.69 Å². The Morgan fingerprint density at radius 3 is 2.24 bits per heavy atom. The minimum Gasteiger partial charge on any atom is -0.454 e. The smallest absolute Gasteiger partial charge is 0.251 e. The summed E-state index contributed by atoms with van der Waals surface area (Å²) in [6.45, 7) is 10.3. The van der Waals surface area contributed by atoms with Crippen LogP contribution in [0.15, 0.2) is 42.5 Å². The topological polar surface area (TPSA) is 76.7 Å². The van der Waals surface area contributed by atoms with E-state index < -0.39 is 6.04 Å². The number of rotatable bonds is 5. The van der Waals surface area contributed by atoms with Crippen molar-refractivity contribution in [2.75, 3.05) is 12.1 Å². The molecular formula is C23H28N2O4. The molecule has 1 atom stereocenters. The van der Waals surface area contributed by atoms with Gasteiger partial charge in [0.05, 0.1) is 0 Å². The zero-order valence-electron chi connectivity index (χ0n) is 17.5. The predicted molar refractivity (Wildman–Crippen MR) is 112 cm³/mol. The van der Waals surface area contributed by atoms with E-state index in [9.17, 15) is 9.59 Å². The fraction of sp³-hybridized carbons (Fsp3) is 0.391. The number of carbonyl (C=O) groups excluding carboxylic acids is 2. The maximum Gasteiger partial charge on any atom is 0.251 e. The number of carbonyl (C=O) groups is 2. The van der Waals surface area contributed by atoms with E-state index >= 15 is 0 Å². The predicted octanol–water partition coefficient (Wildman–Crippen LogP) is 4.11. The lowest BCUT2D eigenvalue weighted by atomic mass is 9.86. The summed E-state index contributed by atoms with van der Waals surface area (Å²) in [4.78, 5) is 25.5. The van der Waals surface area contributed by atoms with Gasteiger partial charge >= 0.3 is 0 Å². The van der Waals surface area contributed by atoms with Gasteiger partial charge in [0.25, 0.3) is 5.91 Å².